The first-order valence-corrected chi connectivity index (χ1v) is 10.0. The molecule has 2 aliphatic rings. The highest BCUT2D eigenvalue weighted by atomic mass is 19.1. The summed E-state index contributed by atoms with van der Waals surface area (Å²) in [5.74, 6) is 0.0656. The van der Waals surface area contributed by atoms with Gasteiger partial charge in [0, 0.05) is 44.0 Å². The molecule has 2 saturated heterocycles. The van der Waals surface area contributed by atoms with Crippen LogP contribution in [0, 0.1) is 11.2 Å². The highest BCUT2D eigenvalue weighted by Gasteiger charge is 2.43. The van der Waals surface area contributed by atoms with Crippen molar-refractivity contribution in [3.8, 4) is 0 Å². The number of rotatable bonds is 6. The van der Waals surface area contributed by atoms with Gasteiger partial charge < -0.3 is 10.2 Å². The molecule has 0 radical (unpaired) electrons. The number of anilines is 1. The van der Waals surface area contributed by atoms with Crippen molar-refractivity contribution in [3.05, 3.63) is 30.1 Å². The van der Waals surface area contributed by atoms with E-state index >= 15 is 0 Å². The molecule has 2 fully saturated rings. The van der Waals surface area contributed by atoms with E-state index in [1.54, 1.807) is 0 Å². The largest absolute Gasteiger partial charge is 0.366 e. The van der Waals surface area contributed by atoms with Gasteiger partial charge >= 0.3 is 0 Å². The van der Waals surface area contributed by atoms with Crippen molar-refractivity contribution in [1.82, 2.24) is 10.2 Å². The molecule has 0 unspecified atom stereocenters. The van der Waals surface area contributed by atoms with E-state index in [1.807, 2.05) is 12.1 Å². The van der Waals surface area contributed by atoms with E-state index in [2.05, 4.69) is 35.9 Å². The summed E-state index contributed by atoms with van der Waals surface area (Å²) in [4.78, 5) is 17.2. The number of piperazine rings is 1. The van der Waals surface area contributed by atoms with E-state index in [0.29, 0.717) is 12.1 Å². The lowest BCUT2D eigenvalue weighted by atomic mass is 9.79. The summed E-state index contributed by atoms with van der Waals surface area (Å²) < 4.78 is 13.1. The molecule has 0 aromatic heterocycles. The minimum atomic E-state index is -0.186. The maximum atomic E-state index is 13.1. The molecule has 0 spiro atoms. The topological polar surface area (TPSA) is 35.6 Å². The third-order valence-electron chi connectivity index (χ3n) is 6.47. The average molecular weight is 362 g/mol. The predicted molar refractivity (Wildman–Crippen MR) is 104 cm³/mol. The highest BCUT2D eigenvalue weighted by molar-refractivity contribution is 5.85. The summed E-state index contributed by atoms with van der Waals surface area (Å²) in [5, 5.41) is 3.23. The Kier molecular flexibility index (Phi) is 5.86. The van der Waals surface area contributed by atoms with E-state index in [-0.39, 0.29) is 17.1 Å². The van der Waals surface area contributed by atoms with Crippen molar-refractivity contribution in [2.75, 3.05) is 31.1 Å². The SMILES string of the molecule is CCC1(CC)C[C@H](CCN2CCN(c3ccc(F)cc3)[C@H](C)C2)NC1=O. The fraction of sp³-hybridized carbons (Fsp3) is 0.667. The predicted octanol–water partition coefficient (Wildman–Crippen LogP) is 3.42. The van der Waals surface area contributed by atoms with Crippen LogP contribution in [0.2, 0.25) is 0 Å². The van der Waals surface area contributed by atoms with Crippen LogP contribution in [-0.4, -0.2) is 49.1 Å². The minimum absolute atomic E-state index is 0.140. The van der Waals surface area contributed by atoms with Gasteiger partial charge in [-0.05, 0) is 56.9 Å². The van der Waals surface area contributed by atoms with Gasteiger partial charge in [0.2, 0.25) is 5.91 Å². The van der Waals surface area contributed by atoms with Crippen LogP contribution in [0.5, 0.6) is 0 Å². The number of benzene rings is 1. The van der Waals surface area contributed by atoms with Gasteiger partial charge in [-0.15, -0.1) is 0 Å². The second kappa shape index (κ2) is 7.95. The molecule has 26 heavy (non-hydrogen) atoms. The first-order chi connectivity index (χ1) is 12.5. The van der Waals surface area contributed by atoms with Gasteiger partial charge in [0.15, 0.2) is 0 Å². The summed E-state index contributed by atoms with van der Waals surface area (Å²) in [6.45, 7) is 10.5. The van der Waals surface area contributed by atoms with Crippen molar-refractivity contribution in [2.45, 2.75) is 58.5 Å². The zero-order valence-electron chi connectivity index (χ0n) is 16.3. The maximum Gasteiger partial charge on any atom is 0.226 e. The Hall–Kier alpha value is -1.62. The number of nitrogens with one attached hydrogen (secondary N) is 1. The lowest BCUT2D eigenvalue weighted by Gasteiger charge is -2.41. The summed E-state index contributed by atoms with van der Waals surface area (Å²) in [7, 11) is 0. The Bertz CT molecular complexity index is 614. The van der Waals surface area contributed by atoms with Crippen molar-refractivity contribution in [2.24, 2.45) is 5.41 Å². The first kappa shape index (κ1) is 19.2. The number of hydrogen-bond acceptors (Lipinski definition) is 3. The number of hydrogen-bond donors (Lipinski definition) is 1. The Morgan fingerprint density at radius 2 is 1.88 bits per heavy atom. The molecule has 1 aromatic carbocycles. The van der Waals surface area contributed by atoms with E-state index in [0.717, 1.165) is 57.5 Å². The first-order valence-electron chi connectivity index (χ1n) is 10.0. The van der Waals surface area contributed by atoms with Gasteiger partial charge in [-0.1, -0.05) is 13.8 Å². The van der Waals surface area contributed by atoms with Crippen LogP contribution in [0.15, 0.2) is 24.3 Å². The third kappa shape index (κ3) is 3.88. The van der Waals surface area contributed by atoms with Gasteiger partial charge in [-0.25, -0.2) is 4.39 Å². The molecule has 2 aliphatic heterocycles. The highest BCUT2D eigenvalue weighted by Crippen LogP contribution is 2.37. The summed E-state index contributed by atoms with van der Waals surface area (Å²) in [6, 6.07) is 7.51. The van der Waals surface area contributed by atoms with E-state index < -0.39 is 0 Å². The van der Waals surface area contributed by atoms with E-state index in [4.69, 9.17) is 0 Å². The van der Waals surface area contributed by atoms with Gasteiger partial charge in [-0.3, -0.25) is 9.69 Å². The minimum Gasteiger partial charge on any atom is -0.366 e. The van der Waals surface area contributed by atoms with Crippen molar-refractivity contribution in [3.63, 3.8) is 0 Å². The Morgan fingerprint density at radius 1 is 1.19 bits per heavy atom. The van der Waals surface area contributed by atoms with Gasteiger partial charge in [0.1, 0.15) is 5.82 Å². The Labute approximate surface area is 156 Å². The molecule has 1 amide bonds. The number of carbonyl (C=O) groups is 1. The van der Waals surface area contributed by atoms with Crippen molar-refractivity contribution < 1.29 is 9.18 Å². The van der Waals surface area contributed by atoms with Crippen molar-refractivity contribution in [1.29, 1.82) is 0 Å². The van der Waals surface area contributed by atoms with E-state index in [1.165, 1.54) is 12.1 Å². The van der Waals surface area contributed by atoms with Gasteiger partial charge in [0.05, 0.1) is 5.41 Å². The van der Waals surface area contributed by atoms with Gasteiger partial charge in [0.25, 0.3) is 0 Å². The fourth-order valence-corrected chi connectivity index (χ4v) is 4.58. The van der Waals surface area contributed by atoms with Crippen LogP contribution in [0.4, 0.5) is 10.1 Å². The van der Waals surface area contributed by atoms with Gasteiger partial charge in [-0.2, -0.15) is 0 Å². The van der Waals surface area contributed by atoms with Crippen molar-refractivity contribution >= 4 is 11.6 Å². The molecule has 5 heteroatoms. The smallest absolute Gasteiger partial charge is 0.226 e. The third-order valence-corrected chi connectivity index (χ3v) is 6.47. The molecule has 2 atom stereocenters. The van der Waals surface area contributed by atoms with Crippen LogP contribution in [0.25, 0.3) is 0 Å². The Morgan fingerprint density at radius 3 is 2.46 bits per heavy atom. The zero-order valence-corrected chi connectivity index (χ0v) is 16.3. The second-order valence-corrected chi connectivity index (χ2v) is 7.97. The number of amides is 1. The monoisotopic (exact) mass is 361 g/mol. The molecule has 4 nitrogen and oxygen atoms in total. The molecule has 0 saturated carbocycles. The normalized spacial score (nSPS) is 26.2. The Balaban J connectivity index is 1.49. The summed E-state index contributed by atoms with van der Waals surface area (Å²) in [5.41, 5.74) is 0.955. The molecule has 3 rings (SSSR count). The molecule has 144 valence electrons. The standard InChI is InChI=1S/C21H32FN3O/c1-4-21(5-2)14-18(23-20(21)26)10-11-24-12-13-25(16(3)15-24)19-8-6-17(22)7-9-19/h6-9,16,18H,4-5,10-15H2,1-3H3,(H,23,26)/t16-,18+/m1/s1. The average Bonchev–Trinajstić information content (AvgIpc) is 2.97. The summed E-state index contributed by atoms with van der Waals surface area (Å²) in [6.07, 6.45) is 3.86. The second-order valence-electron chi connectivity index (χ2n) is 7.97. The fourth-order valence-electron chi connectivity index (χ4n) is 4.58. The zero-order chi connectivity index (χ0) is 18.7. The number of halogens is 1. The lowest BCUT2D eigenvalue weighted by Crippen LogP contribution is -2.52. The van der Waals surface area contributed by atoms with Crippen LogP contribution < -0.4 is 10.2 Å². The van der Waals surface area contributed by atoms with Crippen LogP contribution in [0.3, 0.4) is 0 Å². The van der Waals surface area contributed by atoms with Crippen LogP contribution in [-0.2, 0) is 4.79 Å². The summed E-state index contributed by atoms with van der Waals surface area (Å²) >= 11 is 0. The maximum absolute atomic E-state index is 13.1. The lowest BCUT2D eigenvalue weighted by molar-refractivity contribution is -0.128. The quantitative estimate of drug-likeness (QED) is 0.843. The van der Waals surface area contributed by atoms with E-state index in [9.17, 15) is 9.18 Å². The molecule has 2 heterocycles. The molecule has 0 bridgehead atoms. The van der Waals surface area contributed by atoms with Crippen LogP contribution in [0.1, 0.15) is 46.5 Å². The molecule has 1 aromatic rings. The molecule has 1 N–H and O–H groups in total. The molecule has 0 aliphatic carbocycles. The van der Waals surface area contributed by atoms with Crippen LogP contribution >= 0.6 is 0 Å². The molecular formula is C21H32FN3O. The molecular weight excluding hydrogens is 329 g/mol. The number of carbonyl (C=O) groups excluding carboxylic acids is 1. The number of nitrogens with zero attached hydrogens (tertiary/aromatic N) is 2.